The summed E-state index contributed by atoms with van der Waals surface area (Å²) in [4.78, 5) is 10.2. The summed E-state index contributed by atoms with van der Waals surface area (Å²) in [5.41, 5.74) is 6.12. The van der Waals surface area contributed by atoms with E-state index in [0.717, 1.165) is 5.56 Å². The second kappa shape index (κ2) is 4.71. The van der Waals surface area contributed by atoms with Crippen LogP contribution in [0.3, 0.4) is 0 Å². The van der Waals surface area contributed by atoms with Crippen LogP contribution >= 0.6 is 0 Å². The molecule has 0 aliphatic carbocycles. The second-order valence-electron chi connectivity index (χ2n) is 3.40. The molecule has 17 heavy (non-hydrogen) atoms. The van der Waals surface area contributed by atoms with Crippen molar-refractivity contribution in [1.82, 2.24) is 10.2 Å². The molecule has 7 nitrogen and oxygen atoms in total. The van der Waals surface area contributed by atoms with Crippen LogP contribution in [0.4, 0.5) is 5.69 Å². The van der Waals surface area contributed by atoms with E-state index in [2.05, 4.69) is 10.2 Å². The van der Waals surface area contributed by atoms with Crippen molar-refractivity contribution < 1.29 is 9.34 Å². The first-order valence-electron chi connectivity index (χ1n) is 4.93. The molecule has 1 aromatic heterocycles. The van der Waals surface area contributed by atoms with Gasteiger partial charge in [-0.2, -0.15) is 0 Å². The average Bonchev–Trinajstić information content (AvgIpc) is 2.77. The van der Waals surface area contributed by atoms with Gasteiger partial charge in [0.2, 0.25) is 11.8 Å². The molecule has 0 spiro atoms. The Balaban J connectivity index is 2.18. The van der Waals surface area contributed by atoms with E-state index < -0.39 is 4.92 Å². The zero-order valence-corrected chi connectivity index (χ0v) is 8.87. The zero-order valence-electron chi connectivity index (χ0n) is 8.87. The van der Waals surface area contributed by atoms with Gasteiger partial charge in [-0.1, -0.05) is 12.1 Å². The number of nitro groups is 1. The molecule has 2 rings (SSSR count). The first-order chi connectivity index (χ1) is 8.19. The molecular weight excluding hydrogens is 224 g/mol. The van der Waals surface area contributed by atoms with Crippen LogP contribution in [-0.2, 0) is 13.0 Å². The zero-order chi connectivity index (χ0) is 12.3. The van der Waals surface area contributed by atoms with E-state index in [1.807, 2.05) is 0 Å². The fourth-order valence-corrected chi connectivity index (χ4v) is 1.40. The van der Waals surface area contributed by atoms with Gasteiger partial charge >= 0.3 is 0 Å². The van der Waals surface area contributed by atoms with Gasteiger partial charge < -0.3 is 10.2 Å². The van der Waals surface area contributed by atoms with Gasteiger partial charge in [-0.25, -0.2) is 0 Å². The minimum absolute atomic E-state index is 0.0427. The summed E-state index contributed by atoms with van der Waals surface area (Å²) in [7, 11) is 0. The van der Waals surface area contributed by atoms with Crippen molar-refractivity contribution in [2.45, 2.75) is 13.0 Å². The lowest BCUT2D eigenvalue weighted by atomic mass is 10.1. The summed E-state index contributed by atoms with van der Waals surface area (Å²) >= 11 is 0. The average molecular weight is 234 g/mol. The summed E-state index contributed by atoms with van der Waals surface area (Å²) in [6.07, 6.45) is 0.356. The molecule has 0 atom stereocenters. The lowest BCUT2D eigenvalue weighted by molar-refractivity contribution is -0.384. The molecule has 0 aliphatic heterocycles. The predicted molar refractivity (Wildman–Crippen MR) is 58.1 cm³/mol. The van der Waals surface area contributed by atoms with Crippen molar-refractivity contribution >= 4 is 5.69 Å². The fourth-order valence-electron chi connectivity index (χ4n) is 1.40. The van der Waals surface area contributed by atoms with Gasteiger partial charge in [-0.15, -0.1) is 10.2 Å². The van der Waals surface area contributed by atoms with Gasteiger partial charge in [0.15, 0.2) is 0 Å². The van der Waals surface area contributed by atoms with E-state index in [1.165, 1.54) is 12.1 Å². The molecular formula is C10H10N4O3. The van der Waals surface area contributed by atoms with Crippen molar-refractivity contribution in [1.29, 1.82) is 0 Å². The Labute approximate surface area is 96.4 Å². The van der Waals surface area contributed by atoms with Gasteiger partial charge in [-0.3, -0.25) is 10.1 Å². The Kier molecular flexibility index (Phi) is 3.10. The normalized spacial score (nSPS) is 10.4. The van der Waals surface area contributed by atoms with E-state index in [9.17, 15) is 10.1 Å². The summed E-state index contributed by atoms with van der Waals surface area (Å²) < 4.78 is 5.22. The van der Waals surface area contributed by atoms with Crippen LogP contribution in [0.1, 0.15) is 17.3 Å². The van der Waals surface area contributed by atoms with E-state index >= 15 is 0 Å². The third kappa shape index (κ3) is 2.64. The first-order valence-corrected chi connectivity index (χ1v) is 4.93. The lowest BCUT2D eigenvalue weighted by Crippen LogP contribution is -1.95. The number of nitrogens with zero attached hydrogens (tertiary/aromatic N) is 3. The van der Waals surface area contributed by atoms with Crippen molar-refractivity contribution in [3.63, 3.8) is 0 Å². The molecule has 88 valence electrons. The van der Waals surface area contributed by atoms with Crippen LogP contribution in [0.25, 0.3) is 0 Å². The number of nitro benzene ring substituents is 1. The first kappa shape index (κ1) is 11.2. The Morgan fingerprint density at radius 3 is 2.76 bits per heavy atom. The highest BCUT2D eigenvalue weighted by Gasteiger charge is 2.09. The van der Waals surface area contributed by atoms with Crippen LogP contribution in [0, 0.1) is 10.1 Å². The minimum Gasteiger partial charge on any atom is -0.424 e. The van der Waals surface area contributed by atoms with E-state index in [0.29, 0.717) is 18.2 Å². The molecule has 0 unspecified atom stereocenters. The quantitative estimate of drug-likeness (QED) is 0.625. The predicted octanol–water partition coefficient (Wildman–Crippen LogP) is 1.03. The smallest absolute Gasteiger partial charge is 0.269 e. The number of rotatable bonds is 4. The topological polar surface area (TPSA) is 108 Å². The third-order valence-corrected chi connectivity index (χ3v) is 2.16. The number of hydrogen-bond acceptors (Lipinski definition) is 6. The van der Waals surface area contributed by atoms with Crippen LogP contribution in [0.5, 0.6) is 0 Å². The fraction of sp³-hybridized carbons (Fsp3) is 0.200. The summed E-state index contributed by atoms with van der Waals surface area (Å²) in [5, 5.41) is 18.1. The molecule has 0 fully saturated rings. The standard InChI is InChI=1S/C10H10N4O3/c11-6-10-13-12-9(17-10)5-7-2-1-3-8(4-7)14(15)16/h1-4H,5-6,11H2. The van der Waals surface area contributed by atoms with Crippen molar-refractivity contribution in [3.05, 3.63) is 51.7 Å². The van der Waals surface area contributed by atoms with Gasteiger partial charge in [0.05, 0.1) is 17.9 Å². The van der Waals surface area contributed by atoms with Crippen molar-refractivity contribution in [2.24, 2.45) is 5.73 Å². The summed E-state index contributed by atoms with van der Waals surface area (Å²) in [6, 6.07) is 6.29. The van der Waals surface area contributed by atoms with Crippen LogP contribution in [0.15, 0.2) is 28.7 Å². The Morgan fingerprint density at radius 1 is 1.35 bits per heavy atom. The van der Waals surface area contributed by atoms with Gasteiger partial charge in [0, 0.05) is 12.1 Å². The summed E-state index contributed by atoms with van der Waals surface area (Å²) in [6.45, 7) is 0.182. The number of aromatic nitrogens is 2. The highest BCUT2D eigenvalue weighted by atomic mass is 16.6. The molecule has 1 heterocycles. The molecule has 0 saturated heterocycles. The molecule has 0 radical (unpaired) electrons. The molecule has 7 heteroatoms. The molecule has 2 N–H and O–H groups in total. The van der Waals surface area contributed by atoms with Gasteiger partial charge in [0.25, 0.3) is 5.69 Å². The van der Waals surface area contributed by atoms with E-state index in [4.69, 9.17) is 10.2 Å². The second-order valence-corrected chi connectivity index (χ2v) is 3.40. The van der Waals surface area contributed by atoms with E-state index in [1.54, 1.807) is 12.1 Å². The Bertz CT molecular complexity index is 538. The minimum atomic E-state index is -0.442. The van der Waals surface area contributed by atoms with Gasteiger partial charge in [-0.05, 0) is 5.56 Å². The molecule has 0 amide bonds. The maximum Gasteiger partial charge on any atom is 0.269 e. The molecule has 1 aromatic carbocycles. The lowest BCUT2D eigenvalue weighted by Gasteiger charge is -1.96. The SMILES string of the molecule is NCc1nnc(Cc2cccc([N+](=O)[O-])c2)o1. The van der Waals surface area contributed by atoms with Crippen LogP contribution in [0.2, 0.25) is 0 Å². The Hall–Kier alpha value is -2.28. The van der Waals surface area contributed by atoms with Crippen molar-refractivity contribution in [3.8, 4) is 0 Å². The van der Waals surface area contributed by atoms with E-state index in [-0.39, 0.29) is 12.2 Å². The molecule has 0 bridgehead atoms. The van der Waals surface area contributed by atoms with Crippen molar-refractivity contribution in [2.75, 3.05) is 0 Å². The largest absolute Gasteiger partial charge is 0.424 e. The third-order valence-electron chi connectivity index (χ3n) is 2.16. The van der Waals surface area contributed by atoms with Crippen LogP contribution in [-0.4, -0.2) is 15.1 Å². The van der Waals surface area contributed by atoms with Gasteiger partial charge in [0.1, 0.15) is 0 Å². The number of benzene rings is 1. The number of nitrogens with two attached hydrogens (primary N) is 1. The van der Waals surface area contributed by atoms with Crippen LogP contribution < -0.4 is 5.73 Å². The monoisotopic (exact) mass is 234 g/mol. The molecule has 2 aromatic rings. The number of hydrogen-bond donors (Lipinski definition) is 1. The summed E-state index contributed by atoms with van der Waals surface area (Å²) in [5.74, 6) is 0.747. The maximum atomic E-state index is 10.6. The maximum absolute atomic E-state index is 10.6. The molecule has 0 aliphatic rings. The highest BCUT2D eigenvalue weighted by Crippen LogP contribution is 2.15. The Morgan fingerprint density at radius 2 is 2.12 bits per heavy atom. The molecule has 0 saturated carbocycles. The highest BCUT2D eigenvalue weighted by molar-refractivity contribution is 5.35. The number of non-ortho nitro benzene ring substituents is 1.